The Kier molecular flexibility index (Phi) is 4.47. The van der Waals surface area contributed by atoms with Crippen LogP contribution in [0, 0.1) is 0 Å². The zero-order valence-electron chi connectivity index (χ0n) is 11.6. The van der Waals surface area contributed by atoms with Crippen molar-refractivity contribution in [2.24, 2.45) is 5.73 Å². The second-order valence-electron chi connectivity index (χ2n) is 4.34. The lowest BCUT2D eigenvalue weighted by atomic mass is 10.1. The van der Waals surface area contributed by atoms with E-state index in [1.807, 2.05) is 37.3 Å². The van der Waals surface area contributed by atoms with Crippen molar-refractivity contribution >= 4 is 5.97 Å². The summed E-state index contributed by atoms with van der Waals surface area (Å²) in [5.74, 6) is -0.487. The molecule has 20 heavy (non-hydrogen) atoms. The van der Waals surface area contributed by atoms with Gasteiger partial charge in [-0.2, -0.15) is 0 Å². The van der Waals surface area contributed by atoms with Crippen LogP contribution in [-0.4, -0.2) is 27.6 Å². The van der Waals surface area contributed by atoms with Crippen LogP contribution < -0.4 is 5.73 Å². The van der Waals surface area contributed by atoms with Crippen molar-refractivity contribution in [3.63, 3.8) is 0 Å². The van der Waals surface area contributed by atoms with E-state index in [9.17, 15) is 4.79 Å². The van der Waals surface area contributed by atoms with E-state index in [-0.39, 0.29) is 18.3 Å². The molecular weight excluding hydrogens is 256 g/mol. The highest BCUT2D eigenvalue weighted by Crippen LogP contribution is 2.20. The van der Waals surface area contributed by atoms with Crippen LogP contribution in [0.2, 0.25) is 0 Å². The van der Waals surface area contributed by atoms with Crippen LogP contribution in [-0.2, 0) is 11.3 Å². The Morgan fingerprint density at radius 1 is 1.40 bits per heavy atom. The van der Waals surface area contributed by atoms with E-state index >= 15 is 0 Å². The summed E-state index contributed by atoms with van der Waals surface area (Å²) in [6.45, 7) is 4.21. The van der Waals surface area contributed by atoms with Gasteiger partial charge in [0.05, 0.1) is 18.3 Å². The van der Waals surface area contributed by atoms with E-state index in [0.717, 1.165) is 5.56 Å². The first-order chi connectivity index (χ1) is 9.69. The summed E-state index contributed by atoms with van der Waals surface area (Å²) in [6.07, 6.45) is 0. The smallest absolute Gasteiger partial charge is 0.360 e. The molecule has 2 aromatic rings. The third-order valence-corrected chi connectivity index (χ3v) is 3.10. The topological polar surface area (TPSA) is 83.0 Å². The molecule has 0 aliphatic rings. The minimum absolute atomic E-state index is 0.0505. The van der Waals surface area contributed by atoms with Gasteiger partial charge in [0.15, 0.2) is 5.69 Å². The summed E-state index contributed by atoms with van der Waals surface area (Å²) in [5.41, 5.74) is 7.58. The van der Waals surface area contributed by atoms with E-state index in [1.165, 1.54) is 0 Å². The van der Waals surface area contributed by atoms with Crippen molar-refractivity contribution in [1.29, 1.82) is 0 Å². The Labute approximate surface area is 117 Å². The molecule has 2 N–H and O–H groups in total. The molecule has 1 unspecified atom stereocenters. The number of esters is 1. The van der Waals surface area contributed by atoms with Gasteiger partial charge in [0.2, 0.25) is 0 Å². The van der Waals surface area contributed by atoms with E-state index in [2.05, 4.69) is 10.3 Å². The second kappa shape index (κ2) is 6.29. The Balaban J connectivity index is 2.36. The molecular formula is C14H18N4O2. The fourth-order valence-corrected chi connectivity index (χ4v) is 2.05. The number of aromatic nitrogens is 3. The maximum atomic E-state index is 11.8. The predicted octanol–water partition coefficient (Wildman–Crippen LogP) is 1.52. The van der Waals surface area contributed by atoms with Crippen LogP contribution in [0.1, 0.15) is 41.6 Å². The summed E-state index contributed by atoms with van der Waals surface area (Å²) in [5, 5.41) is 7.96. The lowest BCUT2D eigenvalue weighted by molar-refractivity contribution is 0.0518. The van der Waals surface area contributed by atoms with Crippen molar-refractivity contribution in [2.75, 3.05) is 6.61 Å². The number of carbonyl (C=O) groups is 1. The highest BCUT2D eigenvalue weighted by atomic mass is 16.5. The Hall–Kier alpha value is -2.21. The SMILES string of the molecule is CCOC(=O)c1nnn(C(C)c2ccccc2)c1CN. The summed E-state index contributed by atoms with van der Waals surface area (Å²) in [4.78, 5) is 11.8. The molecule has 0 aliphatic carbocycles. The molecule has 0 fully saturated rings. The van der Waals surface area contributed by atoms with Gasteiger partial charge in [0.1, 0.15) is 0 Å². The van der Waals surface area contributed by atoms with Gasteiger partial charge in [-0.05, 0) is 19.4 Å². The molecule has 0 amide bonds. The standard InChI is InChI=1S/C14H18N4O2/c1-3-20-14(19)13-12(9-15)18(17-16-13)10(2)11-7-5-4-6-8-11/h4-8,10H,3,9,15H2,1-2H3. The minimum atomic E-state index is -0.487. The van der Waals surface area contributed by atoms with Gasteiger partial charge in [0.25, 0.3) is 0 Å². The molecule has 0 radical (unpaired) electrons. The first-order valence-corrected chi connectivity index (χ1v) is 6.55. The van der Waals surface area contributed by atoms with Crippen molar-refractivity contribution in [2.45, 2.75) is 26.4 Å². The predicted molar refractivity (Wildman–Crippen MR) is 74.1 cm³/mol. The third kappa shape index (κ3) is 2.70. The van der Waals surface area contributed by atoms with Gasteiger partial charge in [-0.25, -0.2) is 9.48 Å². The van der Waals surface area contributed by atoms with Crippen molar-refractivity contribution in [1.82, 2.24) is 15.0 Å². The average Bonchev–Trinajstić information content (AvgIpc) is 2.91. The van der Waals surface area contributed by atoms with Gasteiger partial charge < -0.3 is 10.5 Å². The van der Waals surface area contributed by atoms with Crippen LogP contribution in [0.3, 0.4) is 0 Å². The quantitative estimate of drug-likeness (QED) is 0.836. The second-order valence-corrected chi connectivity index (χ2v) is 4.34. The first-order valence-electron chi connectivity index (χ1n) is 6.55. The molecule has 0 saturated carbocycles. The molecule has 106 valence electrons. The Morgan fingerprint density at radius 3 is 2.70 bits per heavy atom. The lowest BCUT2D eigenvalue weighted by Gasteiger charge is -2.14. The van der Waals surface area contributed by atoms with Crippen LogP contribution >= 0.6 is 0 Å². The Morgan fingerprint density at radius 2 is 2.10 bits per heavy atom. The fourth-order valence-electron chi connectivity index (χ4n) is 2.05. The zero-order valence-corrected chi connectivity index (χ0v) is 11.6. The number of benzene rings is 1. The molecule has 1 aromatic carbocycles. The highest BCUT2D eigenvalue weighted by molar-refractivity contribution is 5.88. The van der Waals surface area contributed by atoms with Crippen LogP contribution in [0.4, 0.5) is 0 Å². The van der Waals surface area contributed by atoms with E-state index in [4.69, 9.17) is 10.5 Å². The van der Waals surface area contributed by atoms with E-state index in [0.29, 0.717) is 12.3 Å². The third-order valence-electron chi connectivity index (χ3n) is 3.10. The Bertz CT molecular complexity index is 580. The van der Waals surface area contributed by atoms with Gasteiger partial charge in [-0.3, -0.25) is 0 Å². The first kappa shape index (κ1) is 14.2. The van der Waals surface area contributed by atoms with Crippen LogP contribution in [0.15, 0.2) is 30.3 Å². The van der Waals surface area contributed by atoms with Crippen molar-refractivity contribution in [3.8, 4) is 0 Å². The van der Waals surface area contributed by atoms with Gasteiger partial charge in [0, 0.05) is 6.54 Å². The van der Waals surface area contributed by atoms with Crippen molar-refractivity contribution in [3.05, 3.63) is 47.3 Å². The fraction of sp³-hybridized carbons (Fsp3) is 0.357. The lowest BCUT2D eigenvalue weighted by Crippen LogP contribution is -2.17. The normalized spacial score (nSPS) is 12.2. The molecule has 1 aromatic heterocycles. The van der Waals surface area contributed by atoms with E-state index in [1.54, 1.807) is 11.6 Å². The molecule has 6 nitrogen and oxygen atoms in total. The number of ether oxygens (including phenoxy) is 1. The van der Waals surface area contributed by atoms with Gasteiger partial charge in [-0.15, -0.1) is 5.10 Å². The molecule has 1 atom stereocenters. The number of nitrogens with two attached hydrogens (primary N) is 1. The minimum Gasteiger partial charge on any atom is -0.461 e. The molecule has 1 heterocycles. The largest absolute Gasteiger partial charge is 0.461 e. The number of carbonyl (C=O) groups excluding carboxylic acids is 1. The zero-order chi connectivity index (χ0) is 14.5. The summed E-state index contributed by atoms with van der Waals surface area (Å²) >= 11 is 0. The molecule has 0 aliphatic heterocycles. The van der Waals surface area contributed by atoms with Crippen molar-refractivity contribution < 1.29 is 9.53 Å². The molecule has 0 saturated heterocycles. The number of rotatable bonds is 5. The summed E-state index contributed by atoms with van der Waals surface area (Å²) in [7, 11) is 0. The summed E-state index contributed by atoms with van der Waals surface area (Å²) < 4.78 is 6.63. The maximum Gasteiger partial charge on any atom is 0.360 e. The number of nitrogens with zero attached hydrogens (tertiary/aromatic N) is 3. The van der Waals surface area contributed by atoms with Crippen LogP contribution in [0.5, 0.6) is 0 Å². The monoisotopic (exact) mass is 274 g/mol. The molecule has 0 spiro atoms. The number of hydrogen-bond donors (Lipinski definition) is 1. The van der Waals surface area contributed by atoms with Gasteiger partial charge >= 0.3 is 5.97 Å². The summed E-state index contributed by atoms with van der Waals surface area (Å²) in [6, 6.07) is 9.80. The number of hydrogen-bond acceptors (Lipinski definition) is 5. The average molecular weight is 274 g/mol. The highest BCUT2D eigenvalue weighted by Gasteiger charge is 2.22. The van der Waals surface area contributed by atoms with Crippen LogP contribution in [0.25, 0.3) is 0 Å². The van der Waals surface area contributed by atoms with E-state index < -0.39 is 5.97 Å². The molecule has 6 heteroatoms. The van der Waals surface area contributed by atoms with Gasteiger partial charge in [-0.1, -0.05) is 35.5 Å². The molecule has 0 bridgehead atoms. The molecule has 2 rings (SSSR count). The maximum absolute atomic E-state index is 11.8.